The molecule has 7 nitrogen and oxygen atoms in total. The molecule has 4 rings (SSSR count). The van der Waals surface area contributed by atoms with E-state index in [0.717, 1.165) is 16.6 Å². The second kappa shape index (κ2) is 6.08. The maximum absolute atomic E-state index is 13.0. The lowest BCUT2D eigenvalue weighted by atomic mass is 10.1. The molecule has 0 bridgehead atoms. The van der Waals surface area contributed by atoms with Crippen LogP contribution in [0.1, 0.15) is 28.6 Å². The van der Waals surface area contributed by atoms with Crippen LogP contribution in [0.2, 0.25) is 0 Å². The molecule has 0 fully saturated rings. The smallest absolute Gasteiger partial charge is 0.270 e. The molecular weight excluding hydrogens is 318 g/mol. The Hall–Kier alpha value is -3.09. The normalized spacial score (nSPS) is 16.7. The summed E-state index contributed by atoms with van der Waals surface area (Å²) in [5.74, 6) is -0.128. The second-order valence-electron chi connectivity index (χ2n) is 6.25. The number of hydrogen-bond acceptors (Lipinski definition) is 3. The Bertz CT molecular complexity index is 909. The highest BCUT2D eigenvalue weighted by molar-refractivity contribution is 5.98. The predicted molar refractivity (Wildman–Crippen MR) is 93.0 cm³/mol. The maximum Gasteiger partial charge on any atom is 0.270 e. The molecule has 0 radical (unpaired) electrons. The third-order valence-electron chi connectivity index (χ3n) is 4.63. The summed E-state index contributed by atoms with van der Waals surface area (Å²) in [4.78, 5) is 29.7. The zero-order valence-electron chi connectivity index (χ0n) is 13.9. The van der Waals surface area contributed by atoms with Crippen molar-refractivity contribution >= 4 is 22.7 Å². The quantitative estimate of drug-likeness (QED) is 0.763. The number of fused-ring (bicyclic) bond motifs is 2. The van der Waals surface area contributed by atoms with Crippen LogP contribution in [0, 0.1) is 0 Å². The van der Waals surface area contributed by atoms with E-state index in [1.807, 2.05) is 41.1 Å². The van der Waals surface area contributed by atoms with Crippen molar-refractivity contribution in [2.45, 2.75) is 19.0 Å². The van der Waals surface area contributed by atoms with Crippen LogP contribution >= 0.6 is 0 Å². The molecule has 1 atom stereocenters. The first-order valence-electron chi connectivity index (χ1n) is 8.25. The van der Waals surface area contributed by atoms with Crippen LogP contribution in [0.4, 0.5) is 0 Å². The van der Waals surface area contributed by atoms with Gasteiger partial charge in [0.15, 0.2) is 0 Å². The Morgan fingerprint density at radius 2 is 2.16 bits per heavy atom. The van der Waals surface area contributed by atoms with Gasteiger partial charge >= 0.3 is 0 Å². The van der Waals surface area contributed by atoms with Gasteiger partial charge in [0.05, 0.1) is 24.7 Å². The number of benzene rings is 1. The molecule has 3 aromatic rings. The van der Waals surface area contributed by atoms with Gasteiger partial charge in [0, 0.05) is 30.7 Å². The van der Waals surface area contributed by atoms with E-state index >= 15 is 0 Å². The fourth-order valence-electron chi connectivity index (χ4n) is 3.37. The largest absolute Gasteiger partial charge is 0.359 e. The molecule has 1 aromatic carbocycles. The van der Waals surface area contributed by atoms with Crippen molar-refractivity contribution in [1.29, 1.82) is 0 Å². The summed E-state index contributed by atoms with van der Waals surface area (Å²) in [5, 5.41) is 7.97. The van der Waals surface area contributed by atoms with E-state index < -0.39 is 0 Å². The third kappa shape index (κ3) is 2.77. The first-order chi connectivity index (χ1) is 12.2. The number of aromatic amines is 1. The van der Waals surface area contributed by atoms with E-state index in [-0.39, 0.29) is 17.9 Å². The fourth-order valence-corrected chi connectivity index (χ4v) is 3.37. The molecule has 2 N–H and O–H groups in total. The highest BCUT2D eigenvalue weighted by atomic mass is 16.2. The SMILES string of the molecule is CNC(=O)C[C@H]1CN(C(=O)c2cc3ccccc3[nH]2)Cc2ccnn21. The van der Waals surface area contributed by atoms with E-state index in [2.05, 4.69) is 15.4 Å². The number of amides is 2. The van der Waals surface area contributed by atoms with Crippen LogP contribution in [0.25, 0.3) is 10.9 Å². The van der Waals surface area contributed by atoms with Gasteiger partial charge in [0.25, 0.3) is 5.91 Å². The van der Waals surface area contributed by atoms with E-state index in [0.29, 0.717) is 25.2 Å². The number of carbonyl (C=O) groups excluding carboxylic acids is 2. The Labute approximate surface area is 144 Å². The zero-order valence-corrected chi connectivity index (χ0v) is 13.9. The number of nitrogens with one attached hydrogen (secondary N) is 2. The number of hydrogen-bond donors (Lipinski definition) is 2. The number of carbonyl (C=O) groups is 2. The molecule has 3 heterocycles. The number of H-pyrrole nitrogens is 1. The number of para-hydroxylation sites is 1. The van der Waals surface area contributed by atoms with Gasteiger partial charge in [-0.1, -0.05) is 18.2 Å². The third-order valence-corrected chi connectivity index (χ3v) is 4.63. The minimum atomic E-state index is -0.160. The van der Waals surface area contributed by atoms with Crippen LogP contribution in [0.3, 0.4) is 0 Å². The average molecular weight is 337 g/mol. The standard InChI is InChI=1S/C18H19N5O2/c1-19-17(24)9-14-11-22(10-13-6-7-20-23(13)14)18(25)16-8-12-4-2-3-5-15(12)21-16/h2-8,14,21H,9-11H2,1H3,(H,19,24)/t14-/m0/s1. The summed E-state index contributed by atoms with van der Waals surface area (Å²) in [5.41, 5.74) is 2.44. The minimum absolute atomic E-state index is 0.0636. The monoisotopic (exact) mass is 337 g/mol. The van der Waals surface area contributed by atoms with Crippen molar-refractivity contribution in [3.63, 3.8) is 0 Å². The molecule has 2 aromatic heterocycles. The molecule has 1 aliphatic rings. The van der Waals surface area contributed by atoms with Gasteiger partial charge in [-0.3, -0.25) is 14.3 Å². The molecular formula is C18H19N5O2. The Morgan fingerprint density at radius 3 is 2.96 bits per heavy atom. The summed E-state index contributed by atoms with van der Waals surface area (Å²) in [6, 6.07) is 11.4. The Kier molecular flexibility index (Phi) is 3.76. The topological polar surface area (TPSA) is 83.0 Å². The summed E-state index contributed by atoms with van der Waals surface area (Å²) in [7, 11) is 1.61. The van der Waals surface area contributed by atoms with Crippen LogP contribution in [0.5, 0.6) is 0 Å². The van der Waals surface area contributed by atoms with E-state index in [1.165, 1.54) is 0 Å². The fraction of sp³-hybridized carbons (Fsp3) is 0.278. The second-order valence-corrected chi connectivity index (χ2v) is 6.25. The van der Waals surface area contributed by atoms with E-state index in [1.54, 1.807) is 18.1 Å². The van der Waals surface area contributed by atoms with Crippen molar-refractivity contribution in [2.24, 2.45) is 0 Å². The number of nitrogens with zero attached hydrogens (tertiary/aromatic N) is 3. The van der Waals surface area contributed by atoms with E-state index in [4.69, 9.17) is 0 Å². The van der Waals surface area contributed by atoms with Gasteiger partial charge in [-0.15, -0.1) is 0 Å². The van der Waals surface area contributed by atoms with Crippen LogP contribution in [-0.2, 0) is 11.3 Å². The zero-order chi connectivity index (χ0) is 17.4. The van der Waals surface area contributed by atoms with Gasteiger partial charge < -0.3 is 15.2 Å². The molecule has 1 aliphatic heterocycles. The highest BCUT2D eigenvalue weighted by Crippen LogP contribution is 2.25. The predicted octanol–water partition coefficient (Wildman–Crippen LogP) is 1.70. The Morgan fingerprint density at radius 1 is 1.32 bits per heavy atom. The lowest BCUT2D eigenvalue weighted by Gasteiger charge is -2.33. The van der Waals surface area contributed by atoms with Gasteiger partial charge in [0.1, 0.15) is 5.69 Å². The Balaban J connectivity index is 1.62. The van der Waals surface area contributed by atoms with Crippen molar-refractivity contribution < 1.29 is 9.59 Å². The molecule has 25 heavy (non-hydrogen) atoms. The molecule has 0 aliphatic carbocycles. The average Bonchev–Trinajstić information content (AvgIpc) is 3.27. The van der Waals surface area contributed by atoms with Crippen LogP contribution in [-0.4, -0.2) is 45.1 Å². The van der Waals surface area contributed by atoms with Crippen LogP contribution < -0.4 is 5.32 Å². The first kappa shape index (κ1) is 15.4. The van der Waals surface area contributed by atoms with Gasteiger partial charge in [-0.2, -0.15) is 5.10 Å². The summed E-state index contributed by atoms with van der Waals surface area (Å²) >= 11 is 0. The molecule has 0 saturated carbocycles. The molecule has 0 unspecified atom stereocenters. The minimum Gasteiger partial charge on any atom is -0.359 e. The van der Waals surface area contributed by atoms with Gasteiger partial charge in [0.2, 0.25) is 5.91 Å². The number of aromatic nitrogens is 3. The van der Waals surface area contributed by atoms with Crippen molar-refractivity contribution in [3.8, 4) is 0 Å². The molecule has 0 spiro atoms. The molecule has 128 valence electrons. The van der Waals surface area contributed by atoms with Gasteiger partial charge in [-0.25, -0.2) is 0 Å². The van der Waals surface area contributed by atoms with Crippen molar-refractivity contribution in [2.75, 3.05) is 13.6 Å². The highest BCUT2D eigenvalue weighted by Gasteiger charge is 2.30. The molecule has 2 amide bonds. The summed E-state index contributed by atoms with van der Waals surface area (Å²) in [6.45, 7) is 0.939. The molecule has 0 saturated heterocycles. The van der Waals surface area contributed by atoms with Crippen molar-refractivity contribution in [3.05, 3.63) is 54.0 Å². The summed E-state index contributed by atoms with van der Waals surface area (Å²) < 4.78 is 1.85. The maximum atomic E-state index is 13.0. The lowest BCUT2D eigenvalue weighted by molar-refractivity contribution is -0.121. The van der Waals surface area contributed by atoms with Crippen LogP contribution in [0.15, 0.2) is 42.6 Å². The van der Waals surface area contributed by atoms with Gasteiger partial charge in [-0.05, 0) is 18.2 Å². The first-order valence-corrected chi connectivity index (χ1v) is 8.25. The summed E-state index contributed by atoms with van der Waals surface area (Å²) in [6.07, 6.45) is 2.00. The van der Waals surface area contributed by atoms with Crippen molar-refractivity contribution in [1.82, 2.24) is 25.0 Å². The number of rotatable bonds is 3. The molecule has 7 heteroatoms. The lowest BCUT2D eigenvalue weighted by Crippen LogP contribution is -2.42. The van der Waals surface area contributed by atoms with E-state index in [9.17, 15) is 9.59 Å².